The van der Waals surface area contributed by atoms with Gasteiger partial charge in [0.1, 0.15) is 0 Å². The zero-order valence-electron chi connectivity index (χ0n) is 15.2. The lowest BCUT2D eigenvalue weighted by molar-refractivity contribution is -0.113. The maximum Gasteiger partial charge on any atom is 0.234 e. The molecule has 2 aromatic carbocycles. The van der Waals surface area contributed by atoms with E-state index in [2.05, 4.69) is 54.0 Å². The summed E-state index contributed by atoms with van der Waals surface area (Å²) < 4.78 is 3.97. The number of anilines is 1. The van der Waals surface area contributed by atoms with Crippen LogP contribution < -0.4 is 5.32 Å². The van der Waals surface area contributed by atoms with E-state index in [0.29, 0.717) is 11.7 Å². The van der Waals surface area contributed by atoms with Crippen LogP contribution in [-0.4, -0.2) is 26.4 Å². The van der Waals surface area contributed by atoms with Gasteiger partial charge >= 0.3 is 0 Å². The molecule has 5 nitrogen and oxygen atoms in total. The molecule has 1 heterocycles. The molecular formula is C20H18Br2N4OS. The number of nitrogens with one attached hydrogen (secondary N) is 1. The Hall–Kier alpha value is -1.90. The van der Waals surface area contributed by atoms with Gasteiger partial charge in [0.25, 0.3) is 0 Å². The zero-order valence-corrected chi connectivity index (χ0v) is 19.1. The van der Waals surface area contributed by atoms with Gasteiger partial charge in [-0.25, -0.2) is 0 Å². The molecule has 0 aliphatic carbocycles. The third kappa shape index (κ3) is 5.12. The number of rotatable bonds is 7. The van der Waals surface area contributed by atoms with E-state index in [0.717, 1.165) is 31.6 Å². The Bertz CT molecular complexity index is 1000. The molecule has 0 atom stereocenters. The van der Waals surface area contributed by atoms with Crippen molar-refractivity contribution in [1.82, 2.24) is 14.8 Å². The number of allylic oxidation sites excluding steroid dienone is 1. The second kappa shape index (κ2) is 9.54. The minimum atomic E-state index is -0.0925. The van der Waals surface area contributed by atoms with Crippen LogP contribution in [0.2, 0.25) is 0 Å². The predicted molar refractivity (Wildman–Crippen MR) is 122 cm³/mol. The van der Waals surface area contributed by atoms with E-state index < -0.39 is 0 Å². The number of aryl methyl sites for hydroxylation is 1. The number of carbonyl (C=O) groups is 1. The summed E-state index contributed by atoms with van der Waals surface area (Å²) in [5.74, 6) is 0.897. The van der Waals surface area contributed by atoms with Gasteiger partial charge in [-0.3, -0.25) is 9.36 Å². The maximum atomic E-state index is 12.3. The monoisotopic (exact) mass is 520 g/mol. The quantitative estimate of drug-likeness (QED) is 0.320. The van der Waals surface area contributed by atoms with E-state index in [1.807, 2.05) is 54.0 Å². The van der Waals surface area contributed by atoms with Crippen molar-refractivity contribution in [1.29, 1.82) is 0 Å². The number of carbonyl (C=O) groups excluding carboxylic acids is 1. The number of benzene rings is 2. The van der Waals surface area contributed by atoms with Gasteiger partial charge in [-0.2, -0.15) is 0 Å². The lowest BCUT2D eigenvalue weighted by Gasteiger charge is -2.09. The number of halogens is 2. The fourth-order valence-electron chi connectivity index (χ4n) is 2.55. The second-order valence-corrected chi connectivity index (χ2v) is 8.73. The van der Waals surface area contributed by atoms with Gasteiger partial charge < -0.3 is 5.32 Å². The van der Waals surface area contributed by atoms with E-state index in [9.17, 15) is 4.79 Å². The lowest BCUT2D eigenvalue weighted by Crippen LogP contribution is -2.14. The first-order chi connectivity index (χ1) is 13.5. The van der Waals surface area contributed by atoms with Crippen LogP contribution in [0, 0.1) is 6.92 Å². The standard InChI is InChI=1S/C20H18Br2N4OS/c1-3-10-26-19(14-4-6-15(21)7-5-14)24-25-20(26)28-12-18(27)23-16-8-9-17(22)13(2)11-16/h3-9,11H,1,10,12H2,2H3,(H,23,27). The minimum absolute atomic E-state index is 0.0925. The molecule has 0 aliphatic rings. The highest BCUT2D eigenvalue weighted by atomic mass is 79.9. The summed E-state index contributed by atoms with van der Waals surface area (Å²) in [5.41, 5.74) is 2.80. The van der Waals surface area contributed by atoms with Crippen molar-refractivity contribution >= 4 is 55.2 Å². The molecule has 8 heteroatoms. The Kier molecular flexibility index (Phi) is 7.09. The van der Waals surface area contributed by atoms with Crippen molar-refractivity contribution in [3.8, 4) is 11.4 Å². The third-order valence-corrected chi connectivity index (χ3v) is 6.29. The van der Waals surface area contributed by atoms with E-state index in [4.69, 9.17) is 0 Å². The van der Waals surface area contributed by atoms with Crippen molar-refractivity contribution < 1.29 is 4.79 Å². The highest BCUT2D eigenvalue weighted by molar-refractivity contribution is 9.10. The van der Waals surface area contributed by atoms with Crippen LogP contribution in [0.4, 0.5) is 5.69 Å². The summed E-state index contributed by atoms with van der Waals surface area (Å²) in [6.07, 6.45) is 1.79. The number of nitrogens with zero attached hydrogens (tertiary/aromatic N) is 3. The van der Waals surface area contributed by atoms with Crippen LogP contribution in [0.3, 0.4) is 0 Å². The normalized spacial score (nSPS) is 10.7. The van der Waals surface area contributed by atoms with Gasteiger partial charge in [-0.15, -0.1) is 16.8 Å². The van der Waals surface area contributed by atoms with E-state index in [1.54, 1.807) is 6.08 Å². The molecule has 1 amide bonds. The van der Waals surface area contributed by atoms with Crippen LogP contribution in [-0.2, 0) is 11.3 Å². The summed E-state index contributed by atoms with van der Waals surface area (Å²) in [6.45, 7) is 6.36. The first-order valence-corrected chi connectivity index (χ1v) is 11.0. The maximum absolute atomic E-state index is 12.3. The average molecular weight is 522 g/mol. The van der Waals surface area contributed by atoms with E-state index in [-0.39, 0.29) is 11.7 Å². The number of thioether (sulfide) groups is 1. The third-order valence-electron chi connectivity index (χ3n) is 3.90. The SMILES string of the molecule is C=CCn1c(SCC(=O)Nc2ccc(Br)c(C)c2)nnc1-c1ccc(Br)cc1. The van der Waals surface area contributed by atoms with Crippen molar-refractivity contribution in [2.24, 2.45) is 0 Å². The van der Waals surface area contributed by atoms with Crippen LogP contribution in [0.5, 0.6) is 0 Å². The molecule has 0 spiro atoms. The van der Waals surface area contributed by atoms with Crippen molar-refractivity contribution in [2.45, 2.75) is 18.6 Å². The zero-order chi connectivity index (χ0) is 20.1. The molecule has 0 aliphatic heterocycles. The molecule has 28 heavy (non-hydrogen) atoms. The molecular weight excluding hydrogens is 504 g/mol. The molecule has 1 aromatic heterocycles. The molecule has 1 N–H and O–H groups in total. The summed E-state index contributed by atoms with van der Waals surface area (Å²) in [5, 5.41) is 12.2. The second-order valence-electron chi connectivity index (χ2n) is 6.01. The van der Waals surface area contributed by atoms with Gasteiger partial charge in [0.15, 0.2) is 11.0 Å². The molecule has 0 bridgehead atoms. The molecule has 144 valence electrons. The molecule has 0 saturated heterocycles. The predicted octanol–water partition coefficient (Wildman–Crippen LogP) is 5.70. The minimum Gasteiger partial charge on any atom is -0.325 e. The summed E-state index contributed by atoms with van der Waals surface area (Å²) in [4.78, 5) is 12.3. The van der Waals surface area contributed by atoms with Crippen LogP contribution >= 0.6 is 43.6 Å². The smallest absolute Gasteiger partial charge is 0.234 e. The topological polar surface area (TPSA) is 59.8 Å². The molecule has 0 unspecified atom stereocenters. The van der Waals surface area contributed by atoms with Crippen LogP contribution in [0.25, 0.3) is 11.4 Å². The molecule has 0 saturated carbocycles. The van der Waals surface area contributed by atoms with Gasteiger partial charge in [-0.05, 0) is 42.8 Å². The number of hydrogen-bond acceptors (Lipinski definition) is 4. The Labute approximate surface area is 184 Å². The van der Waals surface area contributed by atoms with Gasteiger partial charge in [0, 0.05) is 26.7 Å². The van der Waals surface area contributed by atoms with Gasteiger partial charge in [0.05, 0.1) is 5.75 Å². The highest BCUT2D eigenvalue weighted by Gasteiger charge is 2.15. The number of hydrogen-bond donors (Lipinski definition) is 1. The average Bonchev–Trinajstić information content (AvgIpc) is 3.07. The van der Waals surface area contributed by atoms with E-state index in [1.165, 1.54) is 11.8 Å². The fourth-order valence-corrected chi connectivity index (χ4v) is 3.81. The Balaban J connectivity index is 1.71. The highest BCUT2D eigenvalue weighted by Crippen LogP contribution is 2.26. The van der Waals surface area contributed by atoms with Crippen LogP contribution in [0.1, 0.15) is 5.56 Å². The summed E-state index contributed by atoms with van der Waals surface area (Å²) in [7, 11) is 0. The Morgan fingerprint density at radius 2 is 1.96 bits per heavy atom. The molecule has 0 radical (unpaired) electrons. The Morgan fingerprint density at radius 1 is 1.21 bits per heavy atom. The van der Waals surface area contributed by atoms with E-state index >= 15 is 0 Å². The molecule has 3 aromatic rings. The Morgan fingerprint density at radius 3 is 2.64 bits per heavy atom. The lowest BCUT2D eigenvalue weighted by atomic mass is 10.2. The van der Waals surface area contributed by atoms with Crippen molar-refractivity contribution in [3.05, 3.63) is 69.6 Å². The first kappa shape index (κ1) is 20.8. The van der Waals surface area contributed by atoms with Crippen LogP contribution in [0.15, 0.2) is 69.2 Å². The van der Waals surface area contributed by atoms with Gasteiger partial charge in [0.2, 0.25) is 5.91 Å². The largest absolute Gasteiger partial charge is 0.325 e. The summed E-state index contributed by atoms with van der Waals surface area (Å²) >= 11 is 8.25. The summed E-state index contributed by atoms with van der Waals surface area (Å²) in [6, 6.07) is 13.6. The number of amides is 1. The van der Waals surface area contributed by atoms with Crippen molar-refractivity contribution in [2.75, 3.05) is 11.1 Å². The molecule has 3 rings (SSSR count). The fraction of sp³-hybridized carbons (Fsp3) is 0.150. The van der Waals surface area contributed by atoms with Crippen molar-refractivity contribution in [3.63, 3.8) is 0 Å². The number of aromatic nitrogens is 3. The molecule has 0 fully saturated rings. The van der Waals surface area contributed by atoms with Gasteiger partial charge in [-0.1, -0.05) is 61.8 Å². The first-order valence-electron chi connectivity index (χ1n) is 8.46.